The van der Waals surface area contributed by atoms with Gasteiger partial charge in [0.2, 0.25) is 0 Å². The van der Waals surface area contributed by atoms with Crippen molar-refractivity contribution < 1.29 is 27.4 Å². The van der Waals surface area contributed by atoms with E-state index in [1.807, 2.05) is 19.1 Å². The second-order valence-electron chi connectivity index (χ2n) is 7.15. The average molecular weight is 471 g/mol. The number of aryl methyl sites for hydroxylation is 1. The summed E-state index contributed by atoms with van der Waals surface area (Å²) in [5.41, 5.74) is 2.22. The molecule has 0 aliphatic carbocycles. The number of rotatable bonds is 10. The van der Waals surface area contributed by atoms with Gasteiger partial charge in [-0.1, -0.05) is 23.8 Å². The molecule has 0 atom stereocenters. The Morgan fingerprint density at radius 3 is 2.06 bits per heavy atom. The molecule has 0 spiro atoms. The minimum Gasteiger partial charge on any atom is -0.496 e. The quantitative estimate of drug-likeness (QED) is 0.470. The van der Waals surface area contributed by atoms with Gasteiger partial charge in [-0.25, -0.2) is 8.42 Å². The van der Waals surface area contributed by atoms with E-state index >= 15 is 0 Å². The summed E-state index contributed by atoms with van der Waals surface area (Å²) in [6, 6.07) is 18.2. The van der Waals surface area contributed by atoms with Gasteiger partial charge < -0.3 is 19.5 Å². The standard InChI is InChI=1S/C24H26N2O6S/c1-17-7-9-18(10-8-17)26-33(28,29)20-13-11-19(12-14-20)32-16-24(27)25-15-21-22(30-2)5-4-6-23(21)31-3/h4-14,26H,15-16H2,1-3H3,(H,25,27). The Kier molecular flexibility index (Phi) is 7.78. The minimum atomic E-state index is -3.74. The third-order valence-corrected chi connectivity index (χ3v) is 6.20. The maximum absolute atomic E-state index is 12.6. The lowest BCUT2D eigenvalue weighted by molar-refractivity contribution is -0.123. The molecule has 0 heterocycles. The van der Waals surface area contributed by atoms with Gasteiger partial charge in [0.05, 0.1) is 31.2 Å². The maximum atomic E-state index is 12.6. The van der Waals surface area contributed by atoms with Crippen LogP contribution in [0.1, 0.15) is 11.1 Å². The highest BCUT2D eigenvalue weighted by Gasteiger charge is 2.15. The van der Waals surface area contributed by atoms with E-state index in [0.29, 0.717) is 28.5 Å². The van der Waals surface area contributed by atoms with Crippen LogP contribution < -0.4 is 24.2 Å². The zero-order valence-corrected chi connectivity index (χ0v) is 19.4. The Balaban J connectivity index is 1.55. The SMILES string of the molecule is COc1cccc(OC)c1CNC(=O)COc1ccc(S(=O)(=O)Nc2ccc(C)cc2)cc1. The lowest BCUT2D eigenvalue weighted by atomic mass is 10.1. The van der Waals surface area contributed by atoms with Crippen LogP contribution in [0, 0.1) is 6.92 Å². The van der Waals surface area contributed by atoms with Crippen molar-refractivity contribution in [3.63, 3.8) is 0 Å². The van der Waals surface area contributed by atoms with Gasteiger partial charge in [-0.2, -0.15) is 0 Å². The molecule has 0 saturated carbocycles. The van der Waals surface area contributed by atoms with E-state index in [0.717, 1.165) is 5.56 Å². The number of benzene rings is 3. The zero-order chi connectivity index (χ0) is 23.8. The lowest BCUT2D eigenvalue weighted by Gasteiger charge is -2.14. The topological polar surface area (TPSA) is 103 Å². The van der Waals surface area contributed by atoms with E-state index < -0.39 is 10.0 Å². The van der Waals surface area contributed by atoms with Gasteiger partial charge in [-0.05, 0) is 55.5 Å². The number of ether oxygens (including phenoxy) is 3. The predicted molar refractivity (Wildman–Crippen MR) is 125 cm³/mol. The van der Waals surface area contributed by atoms with Gasteiger partial charge >= 0.3 is 0 Å². The third-order valence-electron chi connectivity index (χ3n) is 4.80. The largest absolute Gasteiger partial charge is 0.496 e. The molecule has 0 radical (unpaired) electrons. The van der Waals surface area contributed by atoms with Gasteiger partial charge in [0.1, 0.15) is 17.2 Å². The molecule has 1 amide bonds. The van der Waals surface area contributed by atoms with Crippen LogP contribution in [-0.2, 0) is 21.4 Å². The molecular weight excluding hydrogens is 444 g/mol. The first-order valence-electron chi connectivity index (χ1n) is 10.1. The molecule has 0 aliphatic heterocycles. The molecule has 3 aromatic rings. The van der Waals surface area contributed by atoms with Crippen LogP contribution in [0.25, 0.3) is 0 Å². The van der Waals surface area contributed by atoms with Gasteiger partial charge in [0, 0.05) is 5.69 Å². The number of nitrogens with one attached hydrogen (secondary N) is 2. The molecule has 0 saturated heterocycles. The highest BCUT2D eigenvalue weighted by molar-refractivity contribution is 7.92. The van der Waals surface area contributed by atoms with Crippen LogP contribution in [0.15, 0.2) is 71.6 Å². The average Bonchev–Trinajstić information content (AvgIpc) is 2.82. The van der Waals surface area contributed by atoms with Crippen molar-refractivity contribution in [2.24, 2.45) is 0 Å². The van der Waals surface area contributed by atoms with E-state index in [1.54, 1.807) is 44.6 Å². The van der Waals surface area contributed by atoms with E-state index in [1.165, 1.54) is 24.3 Å². The number of amides is 1. The Labute approximate surface area is 193 Å². The van der Waals surface area contributed by atoms with Crippen LogP contribution in [0.4, 0.5) is 5.69 Å². The van der Waals surface area contributed by atoms with Crippen LogP contribution in [0.3, 0.4) is 0 Å². The highest BCUT2D eigenvalue weighted by Crippen LogP contribution is 2.28. The fraction of sp³-hybridized carbons (Fsp3) is 0.208. The fourth-order valence-electron chi connectivity index (χ4n) is 3.04. The summed E-state index contributed by atoms with van der Waals surface area (Å²) in [5.74, 6) is 1.23. The second kappa shape index (κ2) is 10.7. The fourth-order valence-corrected chi connectivity index (χ4v) is 4.10. The lowest BCUT2D eigenvalue weighted by Crippen LogP contribution is -2.28. The van der Waals surface area contributed by atoms with Gasteiger partial charge in [0.15, 0.2) is 6.61 Å². The first kappa shape index (κ1) is 23.9. The predicted octanol–water partition coefficient (Wildman–Crippen LogP) is 3.51. The molecule has 8 nitrogen and oxygen atoms in total. The van der Waals surface area contributed by atoms with Crippen molar-refractivity contribution in [2.75, 3.05) is 25.5 Å². The number of carbonyl (C=O) groups is 1. The summed E-state index contributed by atoms with van der Waals surface area (Å²) >= 11 is 0. The molecule has 174 valence electrons. The van der Waals surface area contributed by atoms with Crippen molar-refractivity contribution in [3.05, 3.63) is 77.9 Å². The molecular formula is C24H26N2O6S. The molecule has 33 heavy (non-hydrogen) atoms. The molecule has 0 unspecified atom stereocenters. The normalized spacial score (nSPS) is 10.9. The summed E-state index contributed by atoms with van der Waals surface area (Å²) in [6.45, 7) is 1.90. The van der Waals surface area contributed by atoms with Crippen molar-refractivity contribution in [1.82, 2.24) is 5.32 Å². The van der Waals surface area contributed by atoms with E-state index in [9.17, 15) is 13.2 Å². The summed E-state index contributed by atoms with van der Waals surface area (Å²) in [7, 11) is -0.645. The second-order valence-corrected chi connectivity index (χ2v) is 8.83. The van der Waals surface area contributed by atoms with Crippen molar-refractivity contribution >= 4 is 21.6 Å². The first-order chi connectivity index (χ1) is 15.8. The number of sulfonamides is 1. The molecule has 9 heteroatoms. The van der Waals surface area contributed by atoms with Crippen molar-refractivity contribution in [3.8, 4) is 17.2 Å². The van der Waals surface area contributed by atoms with Crippen LogP contribution in [0.2, 0.25) is 0 Å². The maximum Gasteiger partial charge on any atom is 0.261 e. The number of hydrogen-bond acceptors (Lipinski definition) is 6. The first-order valence-corrected chi connectivity index (χ1v) is 11.6. The molecule has 2 N–H and O–H groups in total. The summed E-state index contributed by atoms with van der Waals surface area (Å²) in [6.07, 6.45) is 0. The monoisotopic (exact) mass is 470 g/mol. The molecule has 0 aromatic heterocycles. The van der Waals surface area contributed by atoms with Crippen LogP contribution in [-0.4, -0.2) is 35.2 Å². The number of carbonyl (C=O) groups excluding carboxylic acids is 1. The van der Waals surface area contributed by atoms with Crippen LogP contribution in [0.5, 0.6) is 17.2 Å². The van der Waals surface area contributed by atoms with Gasteiger partial charge in [-0.3, -0.25) is 9.52 Å². The highest BCUT2D eigenvalue weighted by atomic mass is 32.2. The third kappa shape index (κ3) is 6.39. The number of anilines is 1. The molecule has 0 aliphatic rings. The van der Waals surface area contributed by atoms with Gasteiger partial charge in [-0.15, -0.1) is 0 Å². The Bertz CT molecular complexity index is 1170. The van der Waals surface area contributed by atoms with E-state index in [2.05, 4.69) is 10.0 Å². The molecule has 0 fully saturated rings. The Morgan fingerprint density at radius 1 is 0.879 bits per heavy atom. The van der Waals surface area contributed by atoms with E-state index in [-0.39, 0.29) is 24.0 Å². The van der Waals surface area contributed by atoms with Crippen LogP contribution >= 0.6 is 0 Å². The minimum absolute atomic E-state index is 0.0862. The van der Waals surface area contributed by atoms with Crippen molar-refractivity contribution in [1.29, 1.82) is 0 Å². The van der Waals surface area contributed by atoms with Gasteiger partial charge in [0.25, 0.3) is 15.9 Å². The smallest absolute Gasteiger partial charge is 0.261 e. The summed E-state index contributed by atoms with van der Waals surface area (Å²) in [4.78, 5) is 12.3. The molecule has 3 rings (SSSR count). The molecule has 3 aromatic carbocycles. The van der Waals surface area contributed by atoms with Crippen molar-refractivity contribution in [2.45, 2.75) is 18.4 Å². The Hall–Kier alpha value is -3.72. The summed E-state index contributed by atoms with van der Waals surface area (Å²) in [5, 5.41) is 2.76. The Morgan fingerprint density at radius 2 is 1.48 bits per heavy atom. The molecule has 0 bridgehead atoms. The number of methoxy groups -OCH3 is 2. The van der Waals surface area contributed by atoms with E-state index in [4.69, 9.17) is 14.2 Å². The zero-order valence-electron chi connectivity index (χ0n) is 18.6. The number of hydrogen-bond donors (Lipinski definition) is 2. The summed E-state index contributed by atoms with van der Waals surface area (Å²) < 4.78 is 43.7.